The van der Waals surface area contributed by atoms with E-state index in [0.29, 0.717) is 17.6 Å². The Morgan fingerprint density at radius 1 is 1.18 bits per heavy atom. The summed E-state index contributed by atoms with van der Waals surface area (Å²) >= 11 is 0. The van der Waals surface area contributed by atoms with E-state index < -0.39 is 0 Å². The van der Waals surface area contributed by atoms with Crippen LogP contribution >= 0.6 is 0 Å². The third-order valence-electron chi connectivity index (χ3n) is 8.17. The molecule has 9 heteroatoms. The van der Waals surface area contributed by atoms with Crippen LogP contribution in [0, 0.1) is 0 Å². The number of aryl methyl sites for hydroxylation is 1. The molecule has 0 aliphatic carbocycles. The van der Waals surface area contributed by atoms with Crippen molar-refractivity contribution in [2.24, 2.45) is 0 Å². The second-order valence-corrected chi connectivity index (χ2v) is 10.3. The molecular weight excluding hydrogens is 499 g/mol. The first-order valence-electron chi connectivity index (χ1n) is 13.9. The Morgan fingerprint density at radius 2 is 1.95 bits per heavy atom. The molecule has 0 unspecified atom stereocenters. The summed E-state index contributed by atoms with van der Waals surface area (Å²) in [6.07, 6.45) is 6.27. The van der Waals surface area contributed by atoms with Crippen LogP contribution in [0.25, 0.3) is 16.6 Å². The van der Waals surface area contributed by atoms with Gasteiger partial charge in [0.15, 0.2) is 0 Å². The van der Waals surface area contributed by atoms with Crippen molar-refractivity contribution in [3.8, 4) is 0 Å². The molecule has 4 heterocycles. The summed E-state index contributed by atoms with van der Waals surface area (Å²) < 4.78 is 2.11. The van der Waals surface area contributed by atoms with Gasteiger partial charge in [0.2, 0.25) is 0 Å². The quantitative estimate of drug-likeness (QED) is 0.263. The fraction of sp³-hybridized carbons (Fsp3) is 0.290. The SMILES string of the molecule is CCn1cc(C(=O)c2bcnc(N3CCC(N(C=O)C4=C(NC)c5ccccc5NC4)CC3)c2)c2ccccc21. The number of fused-ring (bicyclic) bond motifs is 2. The number of ketones is 1. The van der Waals surface area contributed by atoms with Crippen molar-refractivity contribution in [2.45, 2.75) is 32.4 Å². The molecule has 0 radical (unpaired) electrons. The average molecular weight is 532 g/mol. The molecule has 2 aromatic heterocycles. The Labute approximate surface area is 234 Å². The van der Waals surface area contributed by atoms with Gasteiger partial charge >= 0.3 is 217 Å². The molecule has 2 aliphatic rings. The van der Waals surface area contributed by atoms with E-state index in [-0.39, 0.29) is 11.8 Å². The van der Waals surface area contributed by atoms with Crippen molar-refractivity contribution in [1.29, 1.82) is 0 Å². The number of aromatic nitrogens is 2. The predicted molar refractivity (Wildman–Crippen MR) is 161 cm³/mol. The number of carbonyl (C=O) groups excluding carboxylic acids is 2. The van der Waals surface area contributed by atoms with Crippen LogP contribution in [0.1, 0.15) is 41.1 Å². The molecule has 6 rings (SSSR count). The number of hydrogen-bond donors (Lipinski definition) is 2. The van der Waals surface area contributed by atoms with Crippen molar-refractivity contribution in [2.75, 3.05) is 36.9 Å². The van der Waals surface area contributed by atoms with Crippen LogP contribution in [0.3, 0.4) is 0 Å². The molecule has 1 saturated heterocycles. The summed E-state index contributed by atoms with van der Waals surface area (Å²) in [4.78, 5) is 34.7. The van der Waals surface area contributed by atoms with E-state index in [1.165, 1.54) is 0 Å². The topological polar surface area (TPSA) is 82.5 Å². The third kappa shape index (κ3) is 4.55. The maximum absolute atomic E-state index is 13.6. The van der Waals surface area contributed by atoms with Gasteiger partial charge in [0.1, 0.15) is 0 Å². The zero-order valence-corrected chi connectivity index (χ0v) is 22.9. The van der Waals surface area contributed by atoms with Crippen molar-refractivity contribution >= 4 is 47.2 Å². The first kappa shape index (κ1) is 25.9. The van der Waals surface area contributed by atoms with E-state index in [1.54, 1.807) is 13.0 Å². The van der Waals surface area contributed by atoms with Crippen LogP contribution in [0.2, 0.25) is 0 Å². The number of amides is 1. The fourth-order valence-electron chi connectivity index (χ4n) is 6.10. The summed E-state index contributed by atoms with van der Waals surface area (Å²) in [6, 6.07) is 18.2. The maximum atomic E-state index is 13.6. The van der Waals surface area contributed by atoms with Gasteiger partial charge in [-0.25, -0.2) is 0 Å². The van der Waals surface area contributed by atoms with Gasteiger partial charge in [0, 0.05) is 0 Å². The number of para-hydroxylation sites is 2. The standard InChI is InChI=1S/C31H33BN6O2/c1-3-36-18-24(22-8-5-7-11-27(22)36)31(40)25-16-29(35-19-32-25)37-14-12-21(13-15-37)38(20-39)28-17-34-26-10-6-4-9-23(26)30(28)33-2/h4-11,16,18-21,33-34H,3,12-15,17H2,1-2H3. The van der Waals surface area contributed by atoms with Crippen LogP contribution in [0.15, 0.2) is 72.6 Å². The van der Waals surface area contributed by atoms with Crippen molar-refractivity contribution in [3.05, 3.63) is 89.2 Å². The number of benzene rings is 2. The minimum atomic E-state index is 0.00526. The van der Waals surface area contributed by atoms with Gasteiger partial charge in [-0.15, -0.1) is 0 Å². The van der Waals surface area contributed by atoms with E-state index in [9.17, 15) is 9.59 Å². The van der Waals surface area contributed by atoms with Crippen LogP contribution in [0.5, 0.6) is 0 Å². The Bertz CT molecular complexity index is 1600. The van der Waals surface area contributed by atoms with E-state index in [2.05, 4.69) is 50.2 Å². The van der Waals surface area contributed by atoms with Crippen molar-refractivity contribution in [1.82, 2.24) is 19.8 Å². The second-order valence-electron chi connectivity index (χ2n) is 10.3. The summed E-state index contributed by atoms with van der Waals surface area (Å²) in [5.41, 5.74) is 6.51. The minimum absolute atomic E-state index is 0.00526. The molecule has 2 aromatic carbocycles. The molecule has 0 saturated carbocycles. The first-order chi connectivity index (χ1) is 19.6. The molecule has 8 nitrogen and oxygen atoms in total. The number of rotatable bonds is 8. The first-order valence-corrected chi connectivity index (χ1v) is 13.9. The number of nitrogens with one attached hydrogen (secondary N) is 2. The van der Waals surface area contributed by atoms with Gasteiger partial charge in [-0.1, -0.05) is 12.1 Å². The van der Waals surface area contributed by atoms with Gasteiger partial charge in [-0.05, 0) is 6.07 Å². The van der Waals surface area contributed by atoms with Gasteiger partial charge < -0.3 is 0 Å². The Kier molecular flexibility index (Phi) is 7.11. The monoisotopic (exact) mass is 532 g/mol. The third-order valence-corrected chi connectivity index (χ3v) is 8.17. The van der Waals surface area contributed by atoms with Gasteiger partial charge in [0.05, 0.1) is 0 Å². The van der Waals surface area contributed by atoms with Crippen LogP contribution < -0.4 is 15.5 Å². The average Bonchev–Trinajstić information content (AvgIpc) is 3.40. The van der Waals surface area contributed by atoms with E-state index in [1.807, 2.05) is 54.5 Å². The van der Waals surface area contributed by atoms with E-state index >= 15 is 0 Å². The summed E-state index contributed by atoms with van der Waals surface area (Å²) in [5, 5.41) is 7.76. The Hall–Kier alpha value is -4.40. The van der Waals surface area contributed by atoms with Gasteiger partial charge in [-0.3, -0.25) is 0 Å². The molecule has 1 amide bonds. The number of nitrogens with zero attached hydrogens (tertiary/aromatic N) is 4. The normalized spacial score (nSPS) is 15.4. The predicted octanol–water partition coefficient (Wildman–Crippen LogP) is 4.07. The molecule has 40 heavy (non-hydrogen) atoms. The number of hydrogen-bond acceptors (Lipinski definition) is 6. The molecule has 0 atom stereocenters. The number of carbonyl (C=O) groups is 2. The van der Waals surface area contributed by atoms with Crippen LogP contribution in [0.4, 0.5) is 11.5 Å². The Morgan fingerprint density at radius 3 is 2.73 bits per heavy atom. The zero-order valence-electron chi connectivity index (χ0n) is 22.9. The molecule has 202 valence electrons. The molecular formula is C31H33BN6O2. The molecule has 1 fully saturated rings. The molecule has 4 aromatic rings. The van der Waals surface area contributed by atoms with Crippen molar-refractivity contribution < 1.29 is 9.59 Å². The zero-order chi connectivity index (χ0) is 27.6. The van der Waals surface area contributed by atoms with Gasteiger partial charge in [-0.2, -0.15) is 0 Å². The summed E-state index contributed by atoms with van der Waals surface area (Å²) in [5.74, 6) is 0.801. The number of piperidine rings is 1. The van der Waals surface area contributed by atoms with Crippen molar-refractivity contribution in [3.63, 3.8) is 0 Å². The molecule has 0 spiro atoms. The summed E-state index contributed by atoms with van der Waals surface area (Å²) in [7, 11) is 1.91. The molecule has 2 aliphatic heterocycles. The Balaban J connectivity index is 1.20. The number of anilines is 2. The van der Waals surface area contributed by atoms with Gasteiger partial charge in [0.25, 0.3) is 0 Å². The van der Waals surface area contributed by atoms with Crippen LogP contribution in [-0.4, -0.2) is 66.3 Å². The summed E-state index contributed by atoms with van der Waals surface area (Å²) in [6.45, 7) is 6.77. The van der Waals surface area contributed by atoms with E-state index in [4.69, 9.17) is 0 Å². The fourth-order valence-corrected chi connectivity index (χ4v) is 6.10. The van der Waals surface area contributed by atoms with E-state index in [0.717, 1.165) is 78.3 Å². The molecule has 2 N–H and O–H groups in total. The second kappa shape index (κ2) is 11.0. The molecule has 0 bridgehead atoms. The van der Waals surface area contributed by atoms with Crippen LogP contribution in [-0.2, 0) is 11.3 Å².